The highest BCUT2D eigenvalue weighted by molar-refractivity contribution is 5.73. The Labute approximate surface area is 214 Å². The molecule has 200 valence electrons. The molecule has 1 unspecified atom stereocenters. The number of pyridine rings is 1. The quantitative estimate of drug-likeness (QED) is 0.565. The molecule has 2 fully saturated rings. The first kappa shape index (κ1) is 30.8. The number of aromatic nitrogens is 4. The molecule has 5 heterocycles. The van der Waals surface area contributed by atoms with E-state index in [-0.39, 0.29) is 5.91 Å². The van der Waals surface area contributed by atoms with E-state index >= 15 is 0 Å². The molecule has 0 bridgehead atoms. The van der Waals surface area contributed by atoms with Crippen molar-refractivity contribution in [3.05, 3.63) is 36.2 Å². The van der Waals surface area contributed by atoms with E-state index in [1.807, 2.05) is 61.2 Å². The van der Waals surface area contributed by atoms with Gasteiger partial charge in [-0.05, 0) is 31.5 Å². The fourth-order valence-electron chi connectivity index (χ4n) is 4.12. The summed E-state index contributed by atoms with van der Waals surface area (Å²) >= 11 is 0. The number of hydrogen-bond donors (Lipinski definition) is 2. The van der Waals surface area contributed by atoms with Crippen LogP contribution in [-0.2, 0) is 16.6 Å². The van der Waals surface area contributed by atoms with Gasteiger partial charge in [0, 0.05) is 77.2 Å². The van der Waals surface area contributed by atoms with E-state index in [9.17, 15) is 4.79 Å². The van der Waals surface area contributed by atoms with Crippen LogP contribution in [0.5, 0.6) is 0 Å². The molecule has 0 aromatic carbocycles. The lowest BCUT2D eigenvalue weighted by Gasteiger charge is -2.40. The zero-order valence-electron chi connectivity index (χ0n) is 22.9. The van der Waals surface area contributed by atoms with Gasteiger partial charge in [0.25, 0.3) is 0 Å². The van der Waals surface area contributed by atoms with Gasteiger partial charge in [-0.25, -0.2) is 4.52 Å². The second-order valence-electron chi connectivity index (χ2n) is 7.93. The highest BCUT2D eigenvalue weighted by Crippen LogP contribution is 2.38. The molecule has 10 heteroatoms. The lowest BCUT2D eigenvalue weighted by atomic mass is 9.93. The molecular weight excluding hydrogens is 458 g/mol. The first-order chi connectivity index (χ1) is 17.5. The van der Waals surface area contributed by atoms with Gasteiger partial charge in [0.1, 0.15) is 12.6 Å². The third-order valence-electron chi connectivity index (χ3n) is 6.16. The SMILES string of the molecule is C=O.CC.CC(=O)N1CCC1.CCN1CCC1c1cnn(C)c1-c1ccn2nc(NC)cc2c1.CO. The van der Waals surface area contributed by atoms with Crippen molar-refractivity contribution in [2.24, 2.45) is 7.05 Å². The van der Waals surface area contributed by atoms with Gasteiger partial charge in [0.05, 0.1) is 17.4 Å². The van der Waals surface area contributed by atoms with Crippen molar-refractivity contribution >= 4 is 24.0 Å². The van der Waals surface area contributed by atoms with Crippen LogP contribution in [0.1, 0.15) is 52.1 Å². The molecule has 5 rings (SSSR count). The second kappa shape index (κ2) is 15.7. The van der Waals surface area contributed by atoms with Crippen LogP contribution in [0.15, 0.2) is 30.6 Å². The number of rotatable bonds is 4. The number of carbonyl (C=O) groups is 2. The summed E-state index contributed by atoms with van der Waals surface area (Å²) in [7, 11) is 4.91. The van der Waals surface area contributed by atoms with Crippen molar-refractivity contribution in [2.75, 3.05) is 45.7 Å². The topological polar surface area (TPSA) is 108 Å². The molecule has 2 N–H and O–H groups in total. The number of likely N-dealkylation sites (tertiary alicyclic amines) is 2. The number of anilines is 1. The fraction of sp³-hybridized carbons (Fsp3) is 0.538. The van der Waals surface area contributed by atoms with Gasteiger partial charge in [-0.3, -0.25) is 14.4 Å². The van der Waals surface area contributed by atoms with Crippen LogP contribution in [0.25, 0.3) is 16.8 Å². The van der Waals surface area contributed by atoms with Gasteiger partial charge in [0.2, 0.25) is 5.91 Å². The molecule has 2 aliphatic heterocycles. The molecule has 3 aromatic heterocycles. The van der Waals surface area contributed by atoms with E-state index in [1.165, 1.54) is 36.2 Å². The summed E-state index contributed by atoms with van der Waals surface area (Å²) < 4.78 is 3.88. The zero-order chi connectivity index (χ0) is 27.3. The van der Waals surface area contributed by atoms with Gasteiger partial charge in [-0.15, -0.1) is 0 Å². The van der Waals surface area contributed by atoms with Crippen molar-refractivity contribution in [2.45, 2.75) is 46.6 Å². The Morgan fingerprint density at radius 1 is 1.19 bits per heavy atom. The zero-order valence-corrected chi connectivity index (χ0v) is 22.9. The Hall–Kier alpha value is -3.24. The first-order valence-corrected chi connectivity index (χ1v) is 12.4. The Morgan fingerprint density at radius 3 is 2.31 bits per heavy atom. The van der Waals surface area contributed by atoms with Gasteiger partial charge in [0.15, 0.2) is 0 Å². The van der Waals surface area contributed by atoms with Crippen molar-refractivity contribution in [3.8, 4) is 11.3 Å². The van der Waals surface area contributed by atoms with Gasteiger partial charge in [-0.1, -0.05) is 20.8 Å². The summed E-state index contributed by atoms with van der Waals surface area (Å²) in [6.45, 7) is 14.1. The van der Waals surface area contributed by atoms with E-state index in [2.05, 4.69) is 45.5 Å². The van der Waals surface area contributed by atoms with Crippen LogP contribution in [0.3, 0.4) is 0 Å². The van der Waals surface area contributed by atoms with E-state index < -0.39 is 0 Å². The molecule has 1 amide bonds. The summed E-state index contributed by atoms with van der Waals surface area (Å²) in [5.74, 6) is 1.09. The van der Waals surface area contributed by atoms with E-state index in [4.69, 9.17) is 9.90 Å². The predicted molar refractivity (Wildman–Crippen MR) is 145 cm³/mol. The van der Waals surface area contributed by atoms with Crippen molar-refractivity contribution in [1.82, 2.24) is 29.2 Å². The Kier molecular flexibility index (Phi) is 13.4. The maximum absolute atomic E-state index is 10.4. The maximum atomic E-state index is 10.4. The van der Waals surface area contributed by atoms with Crippen molar-refractivity contribution in [1.29, 1.82) is 0 Å². The third kappa shape index (κ3) is 7.14. The minimum atomic E-state index is 0.214. The van der Waals surface area contributed by atoms with Crippen molar-refractivity contribution < 1.29 is 14.7 Å². The smallest absolute Gasteiger partial charge is 0.219 e. The van der Waals surface area contributed by atoms with E-state index in [0.29, 0.717) is 6.04 Å². The second-order valence-corrected chi connectivity index (χ2v) is 7.93. The largest absolute Gasteiger partial charge is 0.400 e. The lowest BCUT2D eigenvalue weighted by molar-refractivity contribution is -0.132. The highest BCUT2D eigenvalue weighted by Gasteiger charge is 2.31. The average Bonchev–Trinajstić information content (AvgIpc) is 3.44. The fourth-order valence-corrected chi connectivity index (χ4v) is 4.12. The number of carbonyl (C=O) groups excluding carboxylic acids is 2. The predicted octanol–water partition coefficient (Wildman–Crippen LogP) is 3.23. The number of amides is 1. The van der Waals surface area contributed by atoms with Crippen LogP contribution >= 0.6 is 0 Å². The Bertz CT molecular complexity index is 1060. The minimum Gasteiger partial charge on any atom is -0.400 e. The standard InChI is InChI=1S/C17H22N6.C5H9NO.C2H6.CH4O.CH2O/c1-4-22-7-6-15(22)14-11-19-21(3)17(14)12-5-8-23-13(9-12)10-16(18-2)20-23;1-5(7)6-3-2-4-6;3*1-2/h5,8-11,15H,4,6-7H2,1-3H3,(H,18,20);2-4H2,1H3;1-2H3;2H,1H3;1H2. The molecule has 36 heavy (non-hydrogen) atoms. The number of nitrogens with one attached hydrogen (secondary N) is 1. The van der Waals surface area contributed by atoms with Gasteiger partial charge < -0.3 is 20.1 Å². The highest BCUT2D eigenvalue weighted by atomic mass is 16.2. The van der Waals surface area contributed by atoms with Gasteiger partial charge >= 0.3 is 0 Å². The molecule has 0 saturated carbocycles. The molecular formula is C26H43N7O3. The molecule has 0 radical (unpaired) electrons. The molecule has 3 aromatic rings. The summed E-state index contributed by atoms with van der Waals surface area (Å²) in [6.07, 6.45) is 6.45. The van der Waals surface area contributed by atoms with Crippen LogP contribution in [0, 0.1) is 0 Å². The molecule has 0 spiro atoms. The number of aliphatic hydroxyl groups is 1. The number of aliphatic hydroxyl groups excluding tert-OH is 1. The summed E-state index contributed by atoms with van der Waals surface area (Å²) in [4.78, 5) is 22.7. The number of hydrogen-bond acceptors (Lipinski definition) is 7. The Morgan fingerprint density at radius 2 is 1.86 bits per heavy atom. The summed E-state index contributed by atoms with van der Waals surface area (Å²) in [5, 5.41) is 19.1. The monoisotopic (exact) mass is 501 g/mol. The third-order valence-corrected chi connectivity index (χ3v) is 6.16. The average molecular weight is 502 g/mol. The van der Waals surface area contributed by atoms with E-state index in [0.717, 1.165) is 38.1 Å². The molecule has 1 atom stereocenters. The van der Waals surface area contributed by atoms with Crippen LogP contribution in [0.4, 0.5) is 5.82 Å². The molecule has 2 saturated heterocycles. The number of aryl methyl sites for hydroxylation is 1. The maximum Gasteiger partial charge on any atom is 0.219 e. The Balaban J connectivity index is 0.000000419. The lowest BCUT2D eigenvalue weighted by Crippen LogP contribution is -2.40. The van der Waals surface area contributed by atoms with Crippen molar-refractivity contribution in [3.63, 3.8) is 0 Å². The minimum absolute atomic E-state index is 0.214. The first-order valence-electron chi connectivity index (χ1n) is 12.4. The molecule has 2 aliphatic rings. The number of fused-ring (bicyclic) bond motifs is 1. The molecule has 0 aliphatic carbocycles. The summed E-state index contributed by atoms with van der Waals surface area (Å²) in [6, 6.07) is 6.86. The van der Waals surface area contributed by atoms with E-state index in [1.54, 1.807) is 6.92 Å². The molecule has 10 nitrogen and oxygen atoms in total. The summed E-state index contributed by atoms with van der Waals surface area (Å²) in [5.41, 5.74) is 4.82. The van der Waals surface area contributed by atoms with Crippen LogP contribution in [-0.4, -0.2) is 87.3 Å². The normalized spacial score (nSPS) is 15.8. The van der Waals surface area contributed by atoms with Crippen LogP contribution < -0.4 is 5.32 Å². The number of nitrogens with zero attached hydrogens (tertiary/aromatic N) is 6. The van der Waals surface area contributed by atoms with Gasteiger partial charge in [-0.2, -0.15) is 10.2 Å². The van der Waals surface area contributed by atoms with Crippen LogP contribution in [0.2, 0.25) is 0 Å².